The Bertz CT molecular complexity index is 439. The molecule has 0 aliphatic rings. The first-order valence-electron chi connectivity index (χ1n) is 4.37. The molecule has 0 unspecified atom stereocenters. The lowest BCUT2D eigenvalue weighted by molar-refractivity contribution is 0.151. The van der Waals surface area contributed by atoms with E-state index in [0.717, 1.165) is 0 Å². The number of rotatable bonds is 3. The molecule has 0 spiro atoms. The minimum absolute atomic E-state index is 0.272. The van der Waals surface area contributed by atoms with Gasteiger partial charge in [0.1, 0.15) is 12.4 Å². The number of methoxy groups -OCH3 is 1. The lowest BCUT2D eigenvalue weighted by Crippen LogP contribution is -1.87. The van der Waals surface area contributed by atoms with Gasteiger partial charge in [-0.05, 0) is 24.3 Å². The summed E-state index contributed by atoms with van der Waals surface area (Å²) in [5, 5.41) is 3.75. The van der Waals surface area contributed by atoms with E-state index < -0.39 is 0 Å². The van der Waals surface area contributed by atoms with Gasteiger partial charge in [-0.1, -0.05) is 5.16 Å². The standard InChI is InChI=1S/C10H9FN2O2/c1-14-6-9-12-10(13-15-9)7-2-4-8(11)5-3-7/h2-5H,6H2,1H3. The summed E-state index contributed by atoms with van der Waals surface area (Å²) >= 11 is 0. The molecule has 0 aliphatic heterocycles. The third kappa shape index (κ3) is 2.19. The lowest BCUT2D eigenvalue weighted by Gasteiger charge is -1.92. The second-order valence-corrected chi connectivity index (χ2v) is 2.95. The van der Waals surface area contributed by atoms with Crippen molar-refractivity contribution in [2.45, 2.75) is 6.61 Å². The van der Waals surface area contributed by atoms with Gasteiger partial charge in [0.15, 0.2) is 0 Å². The van der Waals surface area contributed by atoms with Crippen molar-refractivity contribution in [3.05, 3.63) is 36.0 Å². The van der Waals surface area contributed by atoms with E-state index in [1.807, 2.05) is 0 Å². The maximum Gasteiger partial charge on any atom is 0.252 e. The van der Waals surface area contributed by atoms with Crippen LogP contribution in [-0.4, -0.2) is 17.3 Å². The van der Waals surface area contributed by atoms with E-state index in [1.54, 1.807) is 19.2 Å². The molecule has 0 bridgehead atoms. The van der Waals surface area contributed by atoms with Crippen LogP contribution in [0.1, 0.15) is 5.89 Å². The van der Waals surface area contributed by atoms with E-state index in [4.69, 9.17) is 9.26 Å². The molecule has 1 aromatic heterocycles. The molecule has 1 aromatic carbocycles. The van der Waals surface area contributed by atoms with Crippen molar-refractivity contribution in [3.8, 4) is 11.4 Å². The van der Waals surface area contributed by atoms with Gasteiger partial charge in [-0.2, -0.15) is 4.98 Å². The van der Waals surface area contributed by atoms with Crippen molar-refractivity contribution >= 4 is 0 Å². The van der Waals surface area contributed by atoms with Gasteiger partial charge in [-0.15, -0.1) is 0 Å². The fourth-order valence-electron chi connectivity index (χ4n) is 1.15. The highest BCUT2D eigenvalue weighted by Gasteiger charge is 2.07. The highest BCUT2D eigenvalue weighted by atomic mass is 19.1. The van der Waals surface area contributed by atoms with Crippen LogP contribution in [0.2, 0.25) is 0 Å². The molecule has 0 saturated carbocycles. The molecule has 15 heavy (non-hydrogen) atoms. The summed E-state index contributed by atoms with van der Waals surface area (Å²) < 4.78 is 22.4. The number of halogens is 1. The molecule has 2 aromatic rings. The second-order valence-electron chi connectivity index (χ2n) is 2.95. The molecule has 0 aliphatic carbocycles. The maximum absolute atomic E-state index is 12.6. The predicted molar refractivity (Wildman–Crippen MR) is 50.4 cm³/mol. The highest BCUT2D eigenvalue weighted by Crippen LogP contribution is 2.16. The summed E-state index contributed by atoms with van der Waals surface area (Å²) in [4.78, 5) is 4.07. The Labute approximate surface area is 85.7 Å². The fourth-order valence-corrected chi connectivity index (χ4v) is 1.15. The van der Waals surface area contributed by atoms with E-state index >= 15 is 0 Å². The van der Waals surface area contributed by atoms with Crippen LogP contribution in [0.3, 0.4) is 0 Å². The van der Waals surface area contributed by atoms with Gasteiger partial charge in [0.25, 0.3) is 5.89 Å². The molecule has 0 atom stereocenters. The molecule has 1 heterocycles. The highest BCUT2D eigenvalue weighted by molar-refractivity contribution is 5.53. The van der Waals surface area contributed by atoms with Crippen LogP contribution >= 0.6 is 0 Å². The summed E-state index contributed by atoms with van der Waals surface area (Å²) in [6.07, 6.45) is 0. The lowest BCUT2D eigenvalue weighted by atomic mass is 10.2. The minimum Gasteiger partial charge on any atom is -0.375 e. The van der Waals surface area contributed by atoms with Crippen LogP contribution < -0.4 is 0 Å². The van der Waals surface area contributed by atoms with Crippen molar-refractivity contribution in [2.75, 3.05) is 7.11 Å². The zero-order valence-electron chi connectivity index (χ0n) is 8.11. The first-order valence-corrected chi connectivity index (χ1v) is 4.37. The van der Waals surface area contributed by atoms with E-state index in [-0.39, 0.29) is 12.4 Å². The van der Waals surface area contributed by atoms with E-state index in [1.165, 1.54) is 12.1 Å². The Morgan fingerprint density at radius 1 is 1.33 bits per heavy atom. The largest absolute Gasteiger partial charge is 0.375 e. The summed E-state index contributed by atoms with van der Waals surface area (Å²) in [7, 11) is 1.54. The Morgan fingerprint density at radius 2 is 2.07 bits per heavy atom. The van der Waals surface area contributed by atoms with Gasteiger partial charge in [-0.25, -0.2) is 4.39 Å². The summed E-state index contributed by atoms with van der Waals surface area (Å²) in [5.41, 5.74) is 0.711. The van der Waals surface area contributed by atoms with Crippen molar-refractivity contribution in [2.24, 2.45) is 0 Å². The third-order valence-corrected chi connectivity index (χ3v) is 1.84. The van der Waals surface area contributed by atoms with Crippen LogP contribution in [0.4, 0.5) is 4.39 Å². The zero-order valence-corrected chi connectivity index (χ0v) is 8.11. The summed E-state index contributed by atoms with van der Waals surface area (Å²) in [6.45, 7) is 0.272. The minimum atomic E-state index is -0.292. The smallest absolute Gasteiger partial charge is 0.252 e. The van der Waals surface area contributed by atoms with Crippen molar-refractivity contribution in [1.29, 1.82) is 0 Å². The molecule has 78 valence electrons. The van der Waals surface area contributed by atoms with Gasteiger partial charge in [-0.3, -0.25) is 0 Å². The summed E-state index contributed by atoms with van der Waals surface area (Å²) in [6, 6.07) is 5.89. The molecule has 0 radical (unpaired) electrons. The summed E-state index contributed by atoms with van der Waals surface area (Å²) in [5.74, 6) is 0.540. The van der Waals surface area contributed by atoms with Gasteiger partial charge in [0.2, 0.25) is 5.82 Å². The Morgan fingerprint density at radius 3 is 2.73 bits per heavy atom. The van der Waals surface area contributed by atoms with E-state index in [0.29, 0.717) is 17.3 Å². The van der Waals surface area contributed by atoms with E-state index in [2.05, 4.69) is 10.1 Å². The Kier molecular flexibility index (Phi) is 2.73. The van der Waals surface area contributed by atoms with Crippen LogP contribution in [0, 0.1) is 5.82 Å². The molecular formula is C10H9FN2O2. The van der Waals surface area contributed by atoms with Crippen LogP contribution in [-0.2, 0) is 11.3 Å². The monoisotopic (exact) mass is 208 g/mol. The molecule has 0 saturated heterocycles. The maximum atomic E-state index is 12.6. The van der Waals surface area contributed by atoms with Crippen molar-refractivity contribution in [1.82, 2.24) is 10.1 Å². The second kappa shape index (κ2) is 4.18. The fraction of sp³-hybridized carbons (Fsp3) is 0.200. The normalized spacial score (nSPS) is 10.5. The topological polar surface area (TPSA) is 48.2 Å². The average molecular weight is 208 g/mol. The average Bonchev–Trinajstić information content (AvgIpc) is 2.68. The predicted octanol–water partition coefficient (Wildman–Crippen LogP) is 2.02. The molecule has 0 N–H and O–H groups in total. The molecule has 0 fully saturated rings. The molecule has 2 rings (SSSR count). The third-order valence-electron chi connectivity index (χ3n) is 1.84. The van der Waals surface area contributed by atoms with Crippen LogP contribution in [0.25, 0.3) is 11.4 Å². The number of aromatic nitrogens is 2. The Balaban J connectivity index is 2.25. The van der Waals surface area contributed by atoms with Crippen LogP contribution in [0.5, 0.6) is 0 Å². The number of ether oxygens (including phenoxy) is 1. The van der Waals surface area contributed by atoms with Crippen molar-refractivity contribution in [3.63, 3.8) is 0 Å². The zero-order chi connectivity index (χ0) is 10.7. The van der Waals surface area contributed by atoms with Gasteiger partial charge in [0, 0.05) is 12.7 Å². The first kappa shape index (κ1) is 9.79. The molecular weight excluding hydrogens is 199 g/mol. The molecule has 0 amide bonds. The van der Waals surface area contributed by atoms with E-state index in [9.17, 15) is 4.39 Å². The van der Waals surface area contributed by atoms with Crippen LogP contribution in [0.15, 0.2) is 28.8 Å². The number of nitrogens with zero attached hydrogens (tertiary/aromatic N) is 2. The number of hydrogen-bond acceptors (Lipinski definition) is 4. The van der Waals surface area contributed by atoms with Gasteiger partial charge in [0.05, 0.1) is 0 Å². The first-order chi connectivity index (χ1) is 7.29. The van der Waals surface area contributed by atoms with Gasteiger partial charge < -0.3 is 9.26 Å². The van der Waals surface area contributed by atoms with Gasteiger partial charge >= 0.3 is 0 Å². The number of hydrogen-bond donors (Lipinski definition) is 0. The number of benzene rings is 1. The Hall–Kier alpha value is -1.75. The van der Waals surface area contributed by atoms with Crippen molar-refractivity contribution < 1.29 is 13.7 Å². The molecule has 5 heteroatoms. The molecule has 4 nitrogen and oxygen atoms in total. The quantitative estimate of drug-likeness (QED) is 0.774. The SMILES string of the molecule is COCc1nc(-c2ccc(F)cc2)no1.